The molecule has 1 aliphatic heterocycles. The highest BCUT2D eigenvalue weighted by Crippen LogP contribution is 2.19. The molecule has 2 amide bonds. The van der Waals surface area contributed by atoms with Gasteiger partial charge in [0.25, 0.3) is 5.91 Å². The summed E-state index contributed by atoms with van der Waals surface area (Å²) in [7, 11) is 0. The second kappa shape index (κ2) is 4.12. The predicted octanol–water partition coefficient (Wildman–Crippen LogP) is -0.173. The SMILES string of the molecule is CC1(C)C(=O)NCCN1C(=O)c1cncnc1. The highest BCUT2D eigenvalue weighted by atomic mass is 16.2. The molecular weight excluding hydrogens is 220 g/mol. The zero-order chi connectivity index (χ0) is 12.5. The van der Waals surface area contributed by atoms with Gasteiger partial charge in [0, 0.05) is 25.5 Å². The van der Waals surface area contributed by atoms with Gasteiger partial charge in [0.05, 0.1) is 5.56 Å². The molecule has 90 valence electrons. The van der Waals surface area contributed by atoms with Crippen LogP contribution in [0.1, 0.15) is 24.2 Å². The third kappa shape index (κ3) is 1.98. The van der Waals surface area contributed by atoms with Crippen molar-refractivity contribution in [1.82, 2.24) is 20.2 Å². The summed E-state index contributed by atoms with van der Waals surface area (Å²) in [4.78, 5) is 33.1. The molecule has 0 atom stereocenters. The Morgan fingerprint density at radius 2 is 2.06 bits per heavy atom. The van der Waals surface area contributed by atoms with E-state index in [1.54, 1.807) is 18.7 Å². The fourth-order valence-corrected chi connectivity index (χ4v) is 1.82. The number of hydrogen-bond acceptors (Lipinski definition) is 4. The van der Waals surface area contributed by atoms with Gasteiger partial charge in [0.15, 0.2) is 0 Å². The summed E-state index contributed by atoms with van der Waals surface area (Å²) in [5.74, 6) is -0.362. The Balaban J connectivity index is 2.28. The lowest BCUT2D eigenvalue weighted by Gasteiger charge is -2.41. The normalized spacial score (nSPS) is 18.7. The van der Waals surface area contributed by atoms with Crippen LogP contribution in [0.4, 0.5) is 0 Å². The van der Waals surface area contributed by atoms with Crippen LogP contribution in [0, 0.1) is 0 Å². The molecule has 1 aliphatic rings. The second-order valence-corrected chi connectivity index (χ2v) is 4.40. The first-order valence-electron chi connectivity index (χ1n) is 5.39. The van der Waals surface area contributed by atoms with Gasteiger partial charge in [0.2, 0.25) is 5.91 Å². The molecule has 1 aromatic heterocycles. The van der Waals surface area contributed by atoms with Crippen LogP contribution in [0.25, 0.3) is 0 Å². The molecule has 6 heteroatoms. The maximum Gasteiger partial charge on any atom is 0.257 e. The number of carbonyl (C=O) groups is 2. The molecule has 0 bridgehead atoms. The lowest BCUT2D eigenvalue weighted by atomic mass is 9.98. The number of rotatable bonds is 1. The average Bonchev–Trinajstić information content (AvgIpc) is 2.33. The van der Waals surface area contributed by atoms with E-state index < -0.39 is 5.54 Å². The summed E-state index contributed by atoms with van der Waals surface area (Å²) >= 11 is 0. The quantitative estimate of drug-likeness (QED) is 0.732. The van der Waals surface area contributed by atoms with E-state index >= 15 is 0 Å². The van der Waals surface area contributed by atoms with Crippen LogP contribution < -0.4 is 5.32 Å². The van der Waals surface area contributed by atoms with Crippen LogP contribution in [-0.4, -0.2) is 45.3 Å². The smallest absolute Gasteiger partial charge is 0.257 e. The van der Waals surface area contributed by atoms with E-state index in [0.29, 0.717) is 18.7 Å². The molecule has 17 heavy (non-hydrogen) atoms. The van der Waals surface area contributed by atoms with Crippen molar-refractivity contribution in [2.75, 3.05) is 13.1 Å². The Bertz CT molecular complexity index is 444. The summed E-state index contributed by atoms with van der Waals surface area (Å²) in [5.41, 5.74) is -0.444. The van der Waals surface area contributed by atoms with E-state index in [-0.39, 0.29) is 11.8 Å². The maximum absolute atomic E-state index is 12.2. The Morgan fingerprint density at radius 3 is 2.71 bits per heavy atom. The molecule has 0 spiro atoms. The largest absolute Gasteiger partial charge is 0.352 e. The van der Waals surface area contributed by atoms with Crippen molar-refractivity contribution in [3.05, 3.63) is 24.3 Å². The summed E-state index contributed by atoms with van der Waals surface area (Å²) in [6, 6.07) is 0. The molecule has 2 heterocycles. The highest BCUT2D eigenvalue weighted by Gasteiger charge is 2.40. The van der Waals surface area contributed by atoms with Gasteiger partial charge in [-0.2, -0.15) is 0 Å². The molecule has 1 aromatic rings. The van der Waals surface area contributed by atoms with Crippen molar-refractivity contribution in [3.8, 4) is 0 Å². The first-order valence-corrected chi connectivity index (χ1v) is 5.39. The molecule has 0 radical (unpaired) electrons. The standard InChI is InChI=1S/C11H14N4O2/c1-11(2)10(17)14-3-4-15(11)9(16)8-5-12-7-13-6-8/h5-7H,3-4H2,1-2H3,(H,14,17). The van der Waals surface area contributed by atoms with Crippen molar-refractivity contribution in [2.24, 2.45) is 0 Å². The van der Waals surface area contributed by atoms with E-state index in [2.05, 4.69) is 15.3 Å². The first-order chi connectivity index (χ1) is 8.03. The van der Waals surface area contributed by atoms with E-state index in [1.807, 2.05) is 0 Å². The Kier molecular flexibility index (Phi) is 2.79. The molecule has 0 saturated carbocycles. The summed E-state index contributed by atoms with van der Waals surface area (Å²) in [6.45, 7) is 4.42. The minimum atomic E-state index is -0.842. The second-order valence-electron chi connectivity index (χ2n) is 4.40. The molecule has 1 N–H and O–H groups in total. The predicted molar refractivity (Wildman–Crippen MR) is 60.2 cm³/mol. The van der Waals surface area contributed by atoms with Crippen molar-refractivity contribution >= 4 is 11.8 Å². The van der Waals surface area contributed by atoms with E-state index in [4.69, 9.17) is 0 Å². The van der Waals surface area contributed by atoms with Gasteiger partial charge >= 0.3 is 0 Å². The molecule has 0 unspecified atom stereocenters. The van der Waals surface area contributed by atoms with Gasteiger partial charge in [-0.25, -0.2) is 9.97 Å². The molecule has 0 aromatic carbocycles. The summed E-state index contributed by atoms with van der Waals surface area (Å²) in [5, 5.41) is 2.74. The average molecular weight is 234 g/mol. The van der Waals surface area contributed by atoms with Gasteiger partial charge in [-0.3, -0.25) is 9.59 Å². The maximum atomic E-state index is 12.2. The Labute approximate surface area is 99.1 Å². The number of nitrogens with zero attached hydrogens (tertiary/aromatic N) is 3. The number of nitrogens with one attached hydrogen (secondary N) is 1. The van der Waals surface area contributed by atoms with Crippen LogP contribution in [-0.2, 0) is 4.79 Å². The van der Waals surface area contributed by atoms with E-state index in [1.165, 1.54) is 18.7 Å². The van der Waals surface area contributed by atoms with Crippen molar-refractivity contribution in [3.63, 3.8) is 0 Å². The minimum Gasteiger partial charge on any atom is -0.352 e. The van der Waals surface area contributed by atoms with Gasteiger partial charge < -0.3 is 10.2 Å². The highest BCUT2D eigenvalue weighted by molar-refractivity contribution is 5.99. The number of carbonyl (C=O) groups excluding carboxylic acids is 2. The molecule has 6 nitrogen and oxygen atoms in total. The van der Waals surface area contributed by atoms with Crippen molar-refractivity contribution in [2.45, 2.75) is 19.4 Å². The Hall–Kier alpha value is -1.98. The minimum absolute atomic E-state index is 0.144. The van der Waals surface area contributed by atoms with Gasteiger partial charge in [-0.1, -0.05) is 0 Å². The number of hydrogen-bond donors (Lipinski definition) is 1. The van der Waals surface area contributed by atoms with Gasteiger partial charge in [0.1, 0.15) is 11.9 Å². The molecule has 0 aliphatic carbocycles. The van der Waals surface area contributed by atoms with E-state index in [9.17, 15) is 9.59 Å². The third-order valence-corrected chi connectivity index (χ3v) is 2.90. The summed E-state index contributed by atoms with van der Waals surface area (Å²) in [6.07, 6.45) is 4.28. The molecule has 1 saturated heterocycles. The Morgan fingerprint density at radius 1 is 1.41 bits per heavy atom. The zero-order valence-electron chi connectivity index (χ0n) is 9.80. The van der Waals surface area contributed by atoms with Crippen LogP contribution in [0.2, 0.25) is 0 Å². The molecular formula is C11H14N4O2. The van der Waals surface area contributed by atoms with Gasteiger partial charge in [-0.05, 0) is 13.8 Å². The molecule has 1 fully saturated rings. The first kappa shape index (κ1) is 11.5. The van der Waals surface area contributed by atoms with E-state index in [0.717, 1.165) is 0 Å². The van der Waals surface area contributed by atoms with Crippen molar-refractivity contribution in [1.29, 1.82) is 0 Å². The van der Waals surface area contributed by atoms with Gasteiger partial charge in [-0.15, -0.1) is 0 Å². The monoisotopic (exact) mass is 234 g/mol. The van der Waals surface area contributed by atoms with Crippen molar-refractivity contribution < 1.29 is 9.59 Å². The number of amides is 2. The fourth-order valence-electron chi connectivity index (χ4n) is 1.82. The van der Waals surface area contributed by atoms with Crippen LogP contribution >= 0.6 is 0 Å². The molecule has 2 rings (SSSR count). The number of aromatic nitrogens is 2. The van der Waals surface area contributed by atoms with Crippen LogP contribution in [0.15, 0.2) is 18.7 Å². The van der Waals surface area contributed by atoms with Crippen LogP contribution in [0.5, 0.6) is 0 Å². The number of piperazine rings is 1. The fraction of sp³-hybridized carbons (Fsp3) is 0.455. The lowest BCUT2D eigenvalue weighted by molar-refractivity contribution is -0.133. The zero-order valence-corrected chi connectivity index (χ0v) is 9.80. The third-order valence-electron chi connectivity index (χ3n) is 2.90. The lowest BCUT2D eigenvalue weighted by Crippen LogP contribution is -2.63. The summed E-state index contributed by atoms with van der Waals surface area (Å²) < 4.78 is 0. The topological polar surface area (TPSA) is 75.2 Å². The van der Waals surface area contributed by atoms with Crippen LogP contribution in [0.3, 0.4) is 0 Å².